The molecule has 1 aromatic heterocycles. The first-order chi connectivity index (χ1) is 11.8. The zero-order chi connectivity index (χ0) is 18.2. The van der Waals surface area contributed by atoms with Crippen molar-refractivity contribution in [3.63, 3.8) is 0 Å². The molecule has 3 aromatic rings. The molecule has 3 rings (SSSR count). The van der Waals surface area contributed by atoms with E-state index in [0.29, 0.717) is 5.58 Å². The Morgan fingerprint density at radius 2 is 1.72 bits per heavy atom. The van der Waals surface area contributed by atoms with E-state index < -0.39 is 9.84 Å². The Balaban J connectivity index is 1.83. The average Bonchev–Trinajstić information content (AvgIpc) is 3.03. The van der Waals surface area contributed by atoms with Crippen molar-refractivity contribution in [2.24, 2.45) is 0 Å². The summed E-state index contributed by atoms with van der Waals surface area (Å²) in [5.41, 5.74) is 1.52. The molecule has 0 saturated carbocycles. The molecule has 0 saturated heterocycles. The molecule has 0 unspecified atom stereocenters. The number of hydrogen-bond acceptors (Lipinski definition) is 4. The van der Waals surface area contributed by atoms with Crippen LogP contribution in [0.2, 0.25) is 0 Å². The van der Waals surface area contributed by atoms with Crippen molar-refractivity contribution >= 4 is 26.7 Å². The number of benzene rings is 2. The third-order valence-electron chi connectivity index (χ3n) is 4.33. The number of amides is 1. The van der Waals surface area contributed by atoms with Crippen molar-refractivity contribution in [3.8, 4) is 0 Å². The van der Waals surface area contributed by atoms with Crippen LogP contribution in [0.15, 0.2) is 63.9 Å². The predicted molar refractivity (Wildman–Crippen MR) is 96.3 cm³/mol. The van der Waals surface area contributed by atoms with Crippen molar-refractivity contribution < 1.29 is 17.6 Å². The maximum Gasteiger partial charge on any atom is 0.289 e. The molecule has 1 amide bonds. The van der Waals surface area contributed by atoms with Crippen LogP contribution in [-0.4, -0.2) is 32.5 Å². The molecule has 6 heteroatoms. The van der Waals surface area contributed by atoms with Gasteiger partial charge in [0.15, 0.2) is 15.6 Å². The highest BCUT2D eigenvalue weighted by atomic mass is 32.2. The second kappa shape index (κ2) is 6.37. The lowest BCUT2D eigenvalue weighted by molar-refractivity contribution is 0.0713. The summed E-state index contributed by atoms with van der Waals surface area (Å²) in [5, 5.41) is 0.879. The Labute approximate surface area is 146 Å². The Morgan fingerprint density at radius 1 is 1.08 bits per heavy atom. The van der Waals surface area contributed by atoms with E-state index in [2.05, 4.69) is 0 Å². The van der Waals surface area contributed by atoms with Crippen molar-refractivity contribution in [2.45, 2.75) is 17.9 Å². The smallest absolute Gasteiger partial charge is 0.289 e. The molecular weight excluding hydrogens is 338 g/mol. The van der Waals surface area contributed by atoms with E-state index >= 15 is 0 Å². The van der Waals surface area contributed by atoms with Gasteiger partial charge < -0.3 is 9.32 Å². The molecule has 2 aromatic carbocycles. The van der Waals surface area contributed by atoms with Crippen LogP contribution in [0.1, 0.15) is 29.1 Å². The predicted octanol–water partition coefficient (Wildman–Crippen LogP) is 3.67. The molecular formula is C19H19NO4S. The van der Waals surface area contributed by atoms with Crippen LogP contribution >= 0.6 is 0 Å². The number of furan rings is 1. The Kier molecular flexibility index (Phi) is 4.39. The summed E-state index contributed by atoms with van der Waals surface area (Å²) < 4.78 is 28.7. The summed E-state index contributed by atoms with van der Waals surface area (Å²) in [6, 6.07) is 15.5. The molecule has 25 heavy (non-hydrogen) atoms. The van der Waals surface area contributed by atoms with Gasteiger partial charge in [0.2, 0.25) is 0 Å². The standard InChI is InChI=1S/C19H19NO4S/c1-13(14-8-10-16(11-9-14)25(3,22)23)20(2)19(21)18-12-15-6-4-5-7-17(15)24-18/h4-13H,1-3H3/t13-/m0/s1. The van der Waals surface area contributed by atoms with Crippen LogP contribution in [0.3, 0.4) is 0 Å². The number of rotatable bonds is 4. The summed E-state index contributed by atoms with van der Waals surface area (Å²) >= 11 is 0. The van der Waals surface area contributed by atoms with Crippen molar-refractivity contribution in [1.29, 1.82) is 0 Å². The highest BCUT2D eigenvalue weighted by Crippen LogP contribution is 2.25. The first-order valence-electron chi connectivity index (χ1n) is 7.83. The maximum absolute atomic E-state index is 12.7. The Hall–Kier alpha value is -2.60. The van der Waals surface area contributed by atoms with Gasteiger partial charge in [0.05, 0.1) is 10.9 Å². The lowest BCUT2D eigenvalue weighted by Gasteiger charge is -2.24. The molecule has 1 atom stereocenters. The van der Waals surface area contributed by atoms with Gasteiger partial charge in [-0.3, -0.25) is 4.79 Å². The Bertz CT molecular complexity index is 986. The van der Waals surface area contributed by atoms with Crippen LogP contribution in [0.25, 0.3) is 11.0 Å². The summed E-state index contributed by atoms with van der Waals surface area (Å²) in [5.74, 6) is 0.0548. The second-order valence-corrected chi connectivity index (χ2v) is 8.10. The topological polar surface area (TPSA) is 67.6 Å². The van der Waals surface area contributed by atoms with Crippen LogP contribution in [0.5, 0.6) is 0 Å². The zero-order valence-corrected chi connectivity index (χ0v) is 15.1. The van der Waals surface area contributed by atoms with Crippen LogP contribution in [-0.2, 0) is 9.84 Å². The fourth-order valence-corrected chi connectivity index (χ4v) is 3.28. The highest BCUT2D eigenvalue weighted by Gasteiger charge is 2.22. The minimum Gasteiger partial charge on any atom is -0.451 e. The fraction of sp³-hybridized carbons (Fsp3) is 0.211. The average molecular weight is 357 g/mol. The minimum atomic E-state index is -3.24. The summed E-state index contributed by atoms with van der Waals surface area (Å²) in [7, 11) is -1.54. The molecule has 0 fully saturated rings. The number of carbonyl (C=O) groups is 1. The summed E-state index contributed by atoms with van der Waals surface area (Å²) in [6.45, 7) is 1.88. The fourth-order valence-electron chi connectivity index (χ4n) is 2.65. The van der Waals surface area contributed by atoms with Gasteiger partial charge in [-0.25, -0.2) is 8.42 Å². The zero-order valence-electron chi connectivity index (χ0n) is 14.3. The van der Waals surface area contributed by atoms with E-state index in [-0.39, 0.29) is 22.6 Å². The first kappa shape index (κ1) is 17.2. The van der Waals surface area contributed by atoms with E-state index in [1.54, 1.807) is 42.3 Å². The molecule has 0 N–H and O–H groups in total. The van der Waals surface area contributed by atoms with Crippen molar-refractivity contribution in [2.75, 3.05) is 13.3 Å². The molecule has 0 aliphatic heterocycles. The lowest BCUT2D eigenvalue weighted by atomic mass is 10.1. The molecule has 130 valence electrons. The quantitative estimate of drug-likeness (QED) is 0.714. The minimum absolute atomic E-state index is 0.226. The van der Waals surface area contributed by atoms with Gasteiger partial charge in [0, 0.05) is 18.7 Å². The van der Waals surface area contributed by atoms with E-state index in [1.165, 1.54) is 6.26 Å². The molecule has 0 aliphatic rings. The summed E-state index contributed by atoms with van der Waals surface area (Å²) in [4.78, 5) is 14.5. The van der Waals surface area contributed by atoms with E-state index in [0.717, 1.165) is 10.9 Å². The van der Waals surface area contributed by atoms with Crippen LogP contribution in [0, 0.1) is 0 Å². The monoisotopic (exact) mass is 357 g/mol. The third kappa shape index (κ3) is 3.44. The first-order valence-corrected chi connectivity index (χ1v) is 9.72. The number of hydrogen-bond donors (Lipinski definition) is 0. The van der Waals surface area contributed by atoms with E-state index in [1.807, 2.05) is 31.2 Å². The molecule has 0 spiro atoms. The number of nitrogens with zero attached hydrogens (tertiary/aromatic N) is 1. The maximum atomic E-state index is 12.7. The van der Waals surface area contributed by atoms with Gasteiger partial charge in [-0.1, -0.05) is 30.3 Å². The van der Waals surface area contributed by atoms with Gasteiger partial charge >= 0.3 is 0 Å². The number of carbonyl (C=O) groups excluding carboxylic acids is 1. The van der Waals surface area contributed by atoms with Gasteiger partial charge in [0.25, 0.3) is 5.91 Å². The summed E-state index contributed by atoms with van der Waals surface area (Å²) in [6.07, 6.45) is 1.17. The molecule has 0 aliphatic carbocycles. The van der Waals surface area contributed by atoms with E-state index in [9.17, 15) is 13.2 Å². The van der Waals surface area contributed by atoms with Crippen LogP contribution in [0.4, 0.5) is 0 Å². The number of fused-ring (bicyclic) bond motifs is 1. The molecule has 1 heterocycles. The Morgan fingerprint density at radius 3 is 2.32 bits per heavy atom. The second-order valence-electron chi connectivity index (χ2n) is 6.08. The van der Waals surface area contributed by atoms with Gasteiger partial charge in [-0.2, -0.15) is 0 Å². The van der Waals surface area contributed by atoms with Gasteiger partial charge in [0.1, 0.15) is 5.58 Å². The van der Waals surface area contributed by atoms with Crippen molar-refractivity contribution in [1.82, 2.24) is 4.90 Å². The van der Waals surface area contributed by atoms with Gasteiger partial charge in [-0.05, 0) is 36.8 Å². The normalized spacial score (nSPS) is 12.9. The van der Waals surface area contributed by atoms with Gasteiger partial charge in [-0.15, -0.1) is 0 Å². The molecule has 5 nitrogen and oxygen atoms in total. The van der Waals surface area contributed by atoms with Crippen LogP contribution < -0.4 is 0 Å². The number of sulfone groups is 1. The van der Waals surface area contributed by atoms with E-state index in [4.69, 9.17) is 4.42 Å². The SMILES string of the molecule is C[C@@H](c1ccc(S(C)(=O)=O)cc1)N(C)C(=O)c1cc2ccccc2o1. The molecule has 0 radical (unpaired) electrons. The van der Waals surface area contributed by atoms with Crippen molar-refractivity contribution in [3.05, 3.63) is 65.9 Å². The highest BCUT2D eigenvalue weighted by molar-refractivity contribution is 7.90. The lowest BCUT2D eigenvalue weighted by Crippen LogP contribution is -2.29. The number of para-hydroxylation sites is 1. The molecule has 0 bridgehead atoms. The third-order valence-corrected chi connectivity index (χ3v) is 5.46. The largest absolute Gasteiger partial charge is 0.451 e.